The first kappa shape index (κ1) is 13.5. The van der Waals surface area contributed by atoms with Gasteiger partial charge in [0.05, 0.1) is 11.4 Å². The molecule has 0 radical (unpaired) electrons. The van der Waals surface area contributed by atoms with Gasteiger partial charge in [-0.15, -0.1) is 0 Å². The van der Waals surface area contributed by atoms with Crippen molar-refractivity contribution in [3.8, 4) is 0 Å². The Morgan fingerprint density at radius 1 is 1.53 bits per heavy atom. The summed E-state index contributed by atoms with van der Waals surface area (Å²) in [6.07, 6.45) is 1.51. The molecule has 4 N–H and O–H groups in total. The van der Waals surface area contributed by atoms with E-state index in [9.17, 15) is 4.79 Å². The number of H-pyrrole nitrogens is 1. The first-order valence-corrected chi connectivity index (χ1v) is 5.89. The van der Waals surface area contributed by atoms with Crippen molar-refractivity contribution < 1.29 is 9.53 Å². The Hall–Kier alpha value is -1.56. The van der Waals surface area contributed by atoms with Crippen LogP contribution in [0.25, 0.3) is 0 Å². The predicted molar refractivity (Wildman–Crippen MR) is 65.8 cm³/mol. The summed E-state index contributed by atoms with van der Waals surface area (Å²) in [6, 6.07) is 0. The van der Waals surface area contributed by atoms with Crippen LogP contribution in [0.4, 0.5) is 5.69 Å². The van der Waals surface area contributed by atoms with E-state index < -0.39 is 0 Å². The van der Waals surface area contributed by atoms with Gasteiger partial charge < -0.3 is 15.8 Å². The molecule has 0 aliphatic carbocycles. The second-order valence-corrected chi connectivity index (χ2v) is 3.62. The molecular weight excluding hydrogens is 220 g/mol. The van der Waals surface area contributed by atoms with Crippen LogP contribution in [0.15, 0.2) is 0 Å². The molecule has 1 heterocycles. The number of hydrogen-bond acceptors (Lipinski definition) is 4. The Morgan fingerprint density at radius 2 is 2.29 bits per heavy atom. The molecule has 0 fully saturated rings. The van der Waals surface area contributed by atoms with Crippen molar-refractivity contribution in [1.82, 2.24) is 15.5 Å². The number of aryl methyl sites for hydroxylation is 1. The molecule has 6 nitrogen and oxygen atoms in total. The van der Waals surface area contributed by atoms with Crippen molar-refractivity contribution in [3.05, 3.63) is 11.4 Å². The van der Waals surface area contributed by atoms with E-state index in [1.807, 2.05) is 13.8 Å². The fourth-order valence-corrected chi connectivity index (χ4v) is 1.43. The van der Waals surface area contributed by atoms with Crippen molar-refractivity contribution in [2.75, 3.05) is 25.5 Å². The van der Waals surface area contributed by atoms with E-state index in [0.717, 1.165) is 18.5 Å². The van der Waals surface area contributed by atoms with Gasteiger partial charge in [-0.1, -0.05) is 6.92 Å². The highest BCUT2D eigenvalue weighted by Crippen LogP contribution is 2.13. The van der Waals surface area contributed by atoms with E-state index >= 15 is 0 Å². The van der Waals surface area contributed by atoms with E-state index in [-0.39, 0.29) is 11.6 Å². The van der Waals surface area contributed by atoms with Gasteiger partial charge in [-0.25, -0.2) is 0 Å². The highest BCUT2D eigenvalue weighted by Gasteiger charge is 2.15. The van der Waals surface area contributed by atoms with Gasteiger partial charge in [0.15, 0.2) is 5.69 Å². The summed E-state index contributed by atoms with van der Waals surface area (Å²) in [4.78, 5) is 11.7. The van der Waals surface area contributed by atoms with Crippen LogP contribution in [0.2, 0.25) is 0 Å². The van der Waals surface area contributed by atoms with Crippen LogP contribution in [0, 0.1) is 0 Å². The molecule has 0 bridgehead atoms. The maximum absolute atomic E-state index is 11.7. The number of ether oxygens (including phenoxy) is 1. The van der Waals surface area contributed by atoms with Crippen LogP contribution < -0.4 is 11.1 Å². The number of amides is 1. The van der Waals surface area contributed by atoms with Crippen molar-refractivity contribution in [3.63, 3.8) is 0 Å². The molecule has 0 spiro atoms. The molecule has 96 valence electrons. The molecule has 0 aliphatic heterocycles. The summed E-state index contributed by atoms with van der Waals surface area (Å²) in [5, 5.41) is 9.42. The Kier molecular flexibility index (Phi) is 5.48. The first-order valence-electron chi connectivity index (χ1n) is 5.89. The molecule has 0 saturated carbocycles. The number of nitrogens with two attached hydrogens (primary N) is 1. The largest absolute Gasteiger partial charge is 0.395 e. The van der Waals surface area contributed by atoms with Gasteiger partial charge in [0.2, 0.25) is 0 Å². The fraction of sp³-hybridized carbons (Fsp3) is 0.636. The topological polar surface area (TPSA) is 93.0 Å². The van der Waals surface area contributed by atoms with Crippen molar-refractivity contribution in [2.45, 2.75) is 26.7 Å². The molecule has 0 unspecified atom stereocenters. The maximum Gasteiger partial charge on any atom is 0.273 e. The van der Waals surface area contributed by atoms with Crippen molar-refractivity contribution in [1.29, 1.82) is 0 Å². The number of nitrogens with one attached hydrogen (secondary N) is 2. The minimum absolute atomic E-state index is 0.241. The minimum atomic E-state index is -0.241. The average molecular weight is 240 g/mol. The van der Waals surface area contributed by atoms with E-state index in [0.29, 0.717) is 25.4 Å². The number of aromatic nitrogens is 2. The number of hydrogen-bond donors (Lipinski definition) is 3. The van der Waals surface area contributed by atoms with Crippen molar-refractivity contribution in [2.24, 2.45) is 0 Å². The lowest BCUT2D eigenvalue weighted by Crippen LogP contribution is -2.26. The summed E-state index contributed by atoms with van der Waals surface area (Å²) in [5.74, 6) is -0.241. The number of nitrogen functional groups attached to an aromatic ring is 1. The monoisotopic (exact) mass is 240 g/mol. The minimum Gasteiger partial charge on any atom is -0.395 e. The van der Waals surface area contributed by atoms with Crippen LogP contribution in [0.1, 0.15) is 36.5 Å². The summed E-state index contributed by atoms with van der Waals surface area (Å²) >= 11 is 0. The molecule has 0 aromatic carbocycles. The van der Waals surface area contributed by atoms with Gasteiger partial charge in [0, 0.05) is 19.8 Å². The lowest BCUT2D eigenvalue weighted by Gasteiger charge is -2.04. The Bertz CT molecular complexity index is 362. The quantitative estimate of drug-likeness (QED) is 0.612. The number of rotatable bonds is 7. The SMILES string of the molecule is CCOCCCNC(=O)c1n[nH]c(CC)c1N. The first-order chi connectivity index (χ1) is 8.20. The van der Waals surface area contributed by atoms with Crippen molar-refractivity contribution >= 4 is 11.6 Å². The van der Waals surface area contributed by atoms with Crippen LogP contribution >= 0.6 is 0 Å². The molecule has 1 amide bonds. The van der Waals surface area contributed by atoms with Gasteiger partial charge in [0.1, 0.15) is 0 Å². The van der Waals surface area contributed by atoms with Crippen LogP contribution in [0.5, 0.6) is 0 Å². The number of carbonyl (C=O) groups is 1. The molecule has 6 heteroatoms. The van der Waals surface area contributed by atoms with Crippen LogP contribution in [-0.4, -0.2) is 35.9 Å². The van der Waals surface area contributed by atoms with E-state index in [1.165, 1.54) is 0 Å². The average Bonchev–Trinajstić information content (AvgIpc) is 2.70. The van der Waals surface area contributed by atoms with E-state index in [1.54, 1.807) is 0 Å². The third-order valence-corrected chi connectivity index (χ3v) is 2.41. The lowest BCUT2D eigenvalue weighted by atomic mass is 10.2. The number of carbonyl (C=O) groups excluding carboxylic acids is 1. The summed E-state index contributed by atoms with van der Waals surface area (Å²) < 4.78 is 5.17. The Balaban J connectivity index is 2.39. The highest BCUT2D eigenvalue weighted by molar-refractivity contribution is 5.97. The lowest BCUT2D eigenvalue weighted by molar-refractivity contribution is 0.0940. The maximum atomic E-state index is 11.7. The smallest absolute Gasteiger partial charge is 0.273 e. The third-order valence-electron chi connectivity index (χ3n) is 2.41. The van der Waals surface area contributed by atoms with E-state index in [2.05, 4.69) is 15.5 Å². The van der Waals surface area contributed by atoms with Gasteiger partial charge in [-0.05, 0) is 19.8 Å². The molecule has 0 saturated heterocycles. The number of anilines is 1. The standard InChI is InChI=1S/C11H20N4O2/c1-3-8-9(12)10(15-14-8)11(16)13-6-5-7-17-4-2/h3-7,12H2,1-2H3,(H,13,16)(H,14,15). The van der Waals surface area contributed by atoms with Gasteiger partial charge in [-0.3, -0.25) is 9.89 Å². The zero-order valence-electron chi connectivity index (χ0n) is 10.4. The Morgan fingerprint density at radius 3 is 2.88 bits per heavy atom. The third kappa shape index (κ3) is 3.74. The molecule has 0 aliphatic rings. The van der Waals surface area contributed by atoms with E-state index in [4.69, 9.17) is 10.5 Å². The van der Waals surface area contributed by atoms with Gasteiger partial charge in [0.25, 0.3) is 5.91 Å². The predicted octanol–water partition coefficient (Wildman–Crippen LogP) is 0.711. The summed E-state index contributed by atoms with van der Waals surface area (Å²) in [6.45, 7) is 5.79. The highest BCUT2D eigenvalue weighted by atomic mass is 16.5. The number of aromatic amines is 1. The van der Waals surface area contributed by atoms with Crippen LogP contribution in [-0.2, 0) is 11.2 Å². The normalized spacial score (nSPS) is 10.5. The Labute approximate surface area is 101 Å². The molecule has 1 aromatic rings. The molecule has 0 atom stereocenters. The molecule has 17 heavy (non-hydrogen) atoms. The fourth-order valence-electron chi connectivity index (χ4n) is 1.43. The zero-order valence-corrected chi connectivity index (χ0v) is 10.4. The second kappa shape index (κ2) is 6.90. The molecule has 1 rings (SSSR count). The molecule has 1 aromatic heterocycles. The summed E-state index contributed by atoms with van der Waals surface area (Å²) in [5.41, 5.74) is 7.30. The molecular formula is C11H20N4O2. The second-order valence-electron chi connectivity index (χ2n) is 3.62. The van der Waals surface area contributed by atoms with Gasteiger partial charge >= 0.3 is 0 Å². The summed E-state index contributed by atoms with van der Waals surface area (Å²) in [7, 11) is 0. The van der Waals surface area contributed by atoms with Gasteiger partial charge in [-0.2, -0.15) is 5.10 Å². The van der Waals surface area contributed by atoms with Crippen LogP contribution in [0.3, 0.4) is 0 Å². The zero-order chi connectivity index (χ0) is 12.7. The number of nitrogens with zero attached hydrogens (tertiary/aromatic N) is 1.